The Morgan fingerprint density at radius 3 is 2.94 bits per heavy atom. The van der Waals surface area contributed by atoms with Crippen molar-refractivity contribution in [2.75, 3.05) is 7.11 Å². The number of aliphatic carboxylic acids is 1. The van der Waals surface area contributed by atoms with Crippen molar-refractivity contribution in [2.45, 2.75) is 12.5 Å². The summed E-state index contributed by atoms with van der Waals surface area (Å²) in [7, 11) is 1.46. The number of rotatable bonds is 6. The van der Waals surface area contributed by atoms with Crippen LogP contribution in [0.2, 0.25) is 0 Å². The van der Waals surface area contributed by atoms with E-state index in [-0.39, 0.29) is 6.42 Å². The fourth-order valence-corrected chi connectivity index (χ4v) is 2.00. The molecule has 6 heteroatoms. The monoisotopic (exact) mass is 255 g/mol. The first-order chi connectivity index (χ1) is 8.10. The number of ether oxygens (including phenoxy) is 1. The summed E-state index contributed by atoms with van der Waals surface area (Å²) in [5, 5.41) is 13.0. The quantitative estimate of drug-likeness (QED) is 0.756. The van der Waals surface area contributed by atoms with E-state index in [1.54, 1.807) is 11.4 Å². The van der Waals surface area contributed by atoms with Crippen LogP contribution in [-0.4, -0.2) is 30.1 Å². The number of hydrogen-bond acceptors (Lipinski definition) is 4. The van der Waals surface area contributed by atoms with Crippen molar-refractivity contribution in [3.05, 3.63) is 29.0 Å². The fourth-order valence-electron chi connectivity index (χ4n) is 1.24. The molecule has 1 aromatic rings. The van der Waals surface area contributed by atoms with Crippen molar-refractivity contribution >= 4 is 23.2 Å². The van der Waals surface area contributed by atoms with Gasteiger partial charge in [-0.25, -0.2) is 4.79 Å². The summed E-state index contributed by atoms with van der Waals surface area (Å²) in [6.45, 7) is 3.45. The number of methoxy groups -OCH3 is 1. The van der Waals surface area contributed by atoms with Gasteiger partial charge in [0.2, 0.25) is 0 Å². The highest BCUT2D eigenvalue weighted by atomic mass is 32.1. The highest BCUT2D eigenvalue weighted by Gasteiger charge is 2.21. The molecule has 0 aliphatic carbocycles. The van der Waals surface area contributed by atoms with Crippen molar-refractivity contribution in [3.8, 4) is 5.75 Å². The van der Waals surface area contributed by atoms with Gasteiger partial charge in [-0.3, -0.25) is 4.79 Å². The topological polar surface area (TPSA) is 75.6 Å². The molecule has 0 saturated heterocycles. The van der Waals surface area contributed by atoms with Crippen LogP contribution < -0.4 is 10.1 Å². The van der Waals surface area contributed by atoms with Crippen molar-refractivity contribution in [1.82, 2.24) is 5.32 Å². The van der Waals surface area contributed by atoms with Crippen molar-refractivity contribution in [1.29, 1.82) is 0 Å². The minimum atomic E-state index is -1.09. The molecule has 0 radical (unpaired) electrons. The lowest BCUT2D eigenvalue weighted by molar-refractivity contribution is -0.139. The second-order valence-corrected chi connectivity index (χ2v) is 4.12. The number of amides is 1. The van der Waals surface area contributed by atoms with Crippen molar-refractivity contribution < 1.29 is 19.4 Å². The van der Waals surface area contributed by atoms with Gasteiger partial charge in [0, 0.05) is 0 Å². The molecule has 5 nitrogen and oxygen atoms in total. The van der Waals surface area contributed by atoms with Crippen LogP contribution in [-0.2, 0) is 4.79 Å². The second-order valence-electron chi connectivity index (χ2n) is 3.21. The third-order valence-electron chi connectivity index (χ3n) is 2.06. The van der Waals surface area contributed by atoms with E-state index in [0.29, 0.717) is 10.6 Å². The van der Waals surface area contributed by atoms with Gasteiger partial charge in [0.05, 0.1) is 7.11 Å². The van der Waals surface area contributed by atoms with E-state index in [1.807, 2.05) is 0 Å². The SMILES string of the molecule is C=CCC(NC(=O)c1sccc1OC)C(=O)O. The zero-order chi connectivity index (χ0) is 12.8. The summed E-state index contributed by atoms with van der Waals surface area (Å²) in [6, 6.07) is 0.690. The first kappa shape index (κ1) is 13.2. The van der Waals surface area contributed by atoms with Gasteiger partial charge in [-0.05, 0) is 17.9 Å². The minimum absolute atomic E-state index is 0.175. The first-order valence-electron chi connectivity index (χ1n) is 4.86. The Morgan fingerprint density at radius 1 is 1.71 bits per heavy atom. The maximum atomic E-state index is 11.8. The van der Waals surface area contributed by atoms with Crippen LogP contribution in [0.5, 0.6) is 5.75 Å². The zero-order valence-electron chi connectivity index (χ0n) is 9.30. The number of carbonyl (C=O) groups is 2. The van der Waals surface area contributed by atoms with Gasteiger partial charge in [-0.15, -0.1) is 17.9 Å². The predicted octanol–water partition coefficient (Wildman–Crippen LogP) is 1.52. The third kappa shape index (κ3) is 3.32. The lowest BCUT2D eigenvalue weighted by Gasteiger charge is -2.12. The summed E-state index contributed by atoms with van der Waals surface area (Å²) in [6.07, 6.45) is 1.62. The number of carboxylic acid groups (broad SMARTS) is 1. The van der Waals surface area contributed by atoms with E-state index in [1.165, 1.54) is 24.5 Å². The average Bonchev–Trinajstić information content (AvgIpc) is 2.76. The molecule has 1 heterocycles. The average molecular weight is 255 g/mol. The number of carboxylic acids is 1. The molecule has 0 fully saturated rings. The van der Waals surface area contributed by atoms with Crippen LogP contribution in [0.3, 0.4) is 0 Å². The number of thiophene rings is 1. The van der Waals surface area contributed by atoms with Gasteiger partial charge < -0.3 is 15.2 Å². The van der Waals surface area contributed by atoms with E-state index in [4.69, 9.17) is 9.84 Å². The Balaban J connectivity index is 2.77. The van der Waals surface area contributed by atoms with Gasteiger partial charge in [0.15, 0.2) is 0 Å². The van der Waals surface area contributed by atoms with Gasteiger partial charge in [-0.2, -0.15) is 0 Å². The third-order valence-corrected chi connectivity index (χ3v) is 2.96. The maximum Gasteiger partial charge on any atom is 0.326 e. The molecule has 0 aliphatic heterocycles. The molecule has 0 aliphatic rings. The highest BCUT2D eigenvalue weighted by molar-refractivity contribution is 7.12. The minimum Gasteiger partial charge on any atom is -0.495 e. The Kier molecular flexibility index (Phi) is 4.71. The van der Waals surface area contributed by atoms with Crippen LogP contribution in [0.1, 0.15) is 16.1 Å². The number of hydrogen-bond donors (Lipinski definition) is 2. The van der Waals surface area contributed by atoms with E-state index >= 15 is 0 Å². The van der Waals surface area contributed by atoms with E-state index in [2.05, 4.69) is 11.9 Å². The van der Waals surface area contributed by atoms with E-state index in [9.17, 15) is 9.59 Å². The van der Waals surface area contributed by atoms with Crippen molar-refractivity contribution in [3.63, 3.8) is 0 Å². The highest BCUT2D eigenvalue weighted by Crippen LogP contribution is 2.24. The van der Waals surface area contributed by atoms with Crippen LogP contribution in [0.4, 0.5) is 0 Å². The molecule has 0 spiro atoms. The van der Waals surface area contributed by atoms with Gasteiger partial charge in [0.25, 0.3) is 5.91 Å². The second kappa shape index (κ2) is 6.05. The summed E-state index contributed by atoms with van der Waals surface area (Å²) in [4.78, 5) is 23.0. The van der Waals surface area contributed by atoms with E-state index in [0.717, 1.165) is 0 Å². The molecule has 1 atom stereocenters. The number of carbonyl (C=O) groups excluding carboxylic acids is 1. The Morgan fingerprint density at radius 2 is 2.41 bits per heavy atom. The fraction of sp³-hybridized carbons (Fsp3) is 0.273. The molecule has 92 valence electrons. The Bertz CT molecular complexity index is 427. The lowest BCUT2D eigenvalue weighted by Crippen LogP contribution is -2.40. The summed E-state index contributed by atoms with van der Waals surface area (Å²) in [5.74, 6) is -1.10. The molecule has 1 unspecified atom stereocenters. The predicted molar refractivity (Wildman–Crippen MR) is 64.6 cm³/mol. The summed E-state index contributed by atoms with van der Waals surface area (Å²) >= 11 is 1.20. The van der Waals surface area contributed by atoms with Gasteiger partial charge in [0.1, 0.15) is 16.7 Å². The largest absolute Gasteiger partial charge is 0.495 e. The lowest BCUT2D eigenvalue weighted by atomic mass is 10.2. The molecule has 1 rings (SSSR count). The molecule has 2 N–H and O–H groups in total. The van der Waals surface area contributed by atoms with Crippen LogP contribution in [0.15, 0.2) is 24.1 Å². The maximum absolute atomic E-state index is 11.8. The molecular weight excluding hydrogens is 242 g/mol. The Hall–Kier alpha value is -1.82. The molecule has 0 saturated carbocycles. The molecule has 1 amide bonds. The molecule has 0 bridgehead atoms. The van der Waals surface area contributed by atoms with Crippen LogP contribution in [0.25, 0.3) is 0 Å². The summed E-state index contributed by atoms with van der Waals surface area (Å²) < 4.78 is 4.99. The normalized spacial score (nSPS) is 11.6. The molecule has 0 aromatic carbocycles. The van der Waals surface area contributed by atoms with Gasteiger partial charge >= 0.3 is 5.97 Å². The Labute approximate surface area is 103 Å². The molecule has 1 aromatic heterocycles. The number of nitrogens with one attached hydrogen (secondary N) is 1. The molecule has 17 heavy (non-hydrogen) atoms. The van der Waals surface area contributed by atoms with Crippen LogP contribution >= 0.6 is 11.3 Å². The first-order valence-corrected chi connectivity index (χ1v) is 5.74. The standard InChI is InChI=1S/C11H13NO4S/c1-3-4-7(11(14)15)12-10(13)9-8(16-2)5-6-17-9/h3,5-7H,1,4H2,2H3,(H,12,13)(H,14,15). The summed E-state index contributed by atoms with van der Waals surface area (Å²) in [5.41, 5.74) is 0. The molecular formula is C11H13NO4S. The van der Waals surface area contributed by atoms with Crippen molar-refractivity contribution in [2.24, 2.45) is 0 Å². The zero-order valence-corrected chi connectivity index (χ0v) is 10.1. The smallest absolute Gasteiger partial charge is 0.326 e. The van der Waals surface area contributed by atoms with E-state index < -0.39 is 17.9 Å². The van der Waals surface area contributed by atoms with Crippen LogP contribution in [0, 0.1) is 0 Å². The van der Waals surface area contributed by atoms with Gasteiger partial charge in [-0.1, -0.05) is 6.08 Å².